The van der Waals surface area contributed by atoms with Crippen LogP contribution in [0.3, 0.4) is 0 Å². The number of carbonyl (C=O) groups is 2. The molecule has 0 N–H and O–H groups in total. The van der Waals surface area contributed by atoms with Gasteiger partial charge < -0.3 is 14.2 Å². The molecular weight excluding hydrogens is 320 g/mol. The molecule has 0 spiro atoms. The molecule has 1 aromatic carbocycles. The maximum absolute atomic E-state index is 12.3. The molecule has 138 valence electrons. The van der Waals surface area contributed by atoms with Crippen molar-refractivity contribution in [3.05, 3.63) is 35.4 Å². The van der Waals surface area contributed by atoms with Gasteiger partial charge in [-0.3, -0.25) is 0 Å². The lowest BCUT2D eigenvalue weighted by atomic mass is 10.1. The molecule has 0 bridgehead atoms. The summed E-state index contributed by atoms with van der Waals surface area (Å²) in [5.41, 5.74) is 0.531. The van der Waals surface area contributed by atoms with E-state index in [1.165, 1.54) is 6.08 Å². The van der Waals surface area contributed by atoms with Crippen LogP contribution in [0.5, 0.6) is 5.75 Å². The molecule has 5 heteroatoms. The molecule has 0 atom stereocenters. The van der Waals surface area contributed by atoms with E-state index in [4.69, 9.17) is 14.2 Å². The third-order valence-electron chi connectivity index (χ3n) is 3.29. The highest BCUT2D eigenvalue weighted by Crippen LogP contribution is 2.22. The van der Waals surface area contributed by atoms with Crippen LogP contribution >= 0.6 is 0 Å². The van der Waals surface area contributed by atoms with Crippen LogP contribution in [0.15, 0.2) is 29.8 Å². The Morgan fingerprint density at radius 2 is 1.48 bits per heavy atom. The molecule has 1 aromatic rings. The van der Waals surface area contributed by atoms with Crippen LogP contribution < -0.4 is 4.74 Å². The first-order valence-corrected chi connectivity index (χ1v) is 8.91. The molecule has 0 heterocycles. The highest BCUT2D eigenvalue weighted by molar-refractivity contribution is 6.17. The summed E-state index contributed by atoms with van der Waals surface area (Å²) in [6, 6.07) is 7.28. The minimum absolute atomic E-state index is 0.117. The number of esters is 2. The van der Waals surface area contributed by atoms with Gasteiger partial charge in [-0.1, -0.05) is 45.4 Å². The van der Waals surface area contributed by atoms with Gasteiger partial charge in [0.15, 0.2) is 0 Å². The Morgan fingerprint density at radius 3 is 2.04 bits per heavy atom. The Balaban J connectivity index is 3.07. The van der Waals surface area contributed by atoms with Gasteiger partial charge in [0.05, 0.1) is 19.8 Å². The van der Waals surface area contributed by atoms with Gasteiger partial charge in [0.2, 0.25) is 0 Å². The van der Waals surface area contributed by atoms with Gasteiger partial charge in [-0.2, -0.15) is 0 Å². The highest BCUT2D eigenvalue weighted by Gasteiger charge is 2.22. The molecule has 0 unspecified atom stereocenters. The van der Waals surface area contributed by atoms with Crippen LogP contribution in [-0.4, -0.2) is 31.8 Å². The fourth-order valence-electron chi connectivity index (χ4n) is 1.96. The number of carbonyl (C=O) groups excluding carboxylic acids is 2. The predicted octanol–water partition coefficient (Wildman–Crippen LogP) is 4.16. The monoisotopic (exact) mass is 348 g/mol. The Kier molecular flexibility index (Phi) is 10.1. The van der Waals surface area contributed by atoms with E-state index in [-0.39, 0.29) is 18.8 Å². The van der Waals surface area contributed by atoms with Crippen molar-refractivity contribution in [2.45, 2.75) is 46.5 Å². The number of ether oxygens (including phenoxy) is 3. The number of rotatable bonds is 11. The Labute approximate surface area is 150 Å². The van der Waals surface area contributed by atoms with Crippen molar-refractivity contribution in [1.82, 2.24) is 0 Å². The van der Waals surface area contributed by atoms with Crippen LogP contribution in [-0.2, 0) is 19.1 Å². The number of para-hydroxylation sites is 1. The van der Waals surface area contributed by atoms with Gasteiger partial charge in [0.1, 0.15) is 11.3 Å². The second kappa shape index (κ2) is 12.1. The Hall–Kier alpha value is -2.30. The van der Waals surface area contributed by atoms with Crippen molar-refractivity contribution in [3.8, 4) is 5.75 Å². The summed E-state index contributed by atoms with van der Waals surface area (Å²) in [7, 11) is 0. The third-order valence-corrected chi connectivity index (χ3v) is 3.29. The molecule has 5 nitrogen and oxygen atoms in total. The zero-order valence-corrected chi connectivity index (χ0v) is 15.4. The van der Waals surface area contributed by atoms with Crippen LogP contribution in [0.1, 0.15) is 52.0 Å². The molecule has 0 saturated heterocycles. The fourth-order valence-corrected chi connectivity index (χ4v) is 1.96. The molecule has 0 aliphatic rings. The van der Waals surface area contributed by atoms with E-state index in [0.717, 1.165) is 12.8 Å². The molecule has 0 fully saturated rings. The number of hydrogen-bond acceptors (Lipinski definition) is 5. The molecule has 0 radical (unpaired) electrons. The zero-order valence-electron chi connectivity index (χ0n) is 15.4. The zero-order chi connectivity index (χ0) is 18.5. The summed E-state index contributed by atoms with van der Waals surface area (Å²) >= 11 is 0. The second-order valence-corrected chi connectivity index (χ2v) is 5.57. The van der Waals surface area contributed by atoms with Crippen molar-refractivity contribution in [2.24, 2.45) is 0 Å². The summed E-state index contributed by atoms with van der Waals surface area (Å²) < 4.78 is 16.0. The smallest absolute Gasteiger partial charge is 0.345 e. The topological polar surface area (TPSA) is 61.8 Å². The van der Waals surface area contributed by atoms with Gasteiger partial charge in [0.25, 0.3) is 0 Å². The Morgan fingerprint density at radius 1 is 0.880 bits per heavy atom. The summed E-state index contributed by atoms with van der Waals surface area (Å²) in [5.74, 6) is -0.724. The van der Waals surface area contributed by atoms with Crippen LogP contribution in [0.4, 0.5) is 0 Å². The molecule has 0 aliphatic carbocycles. The van der Waals surface area contributed by atoms with Gasteiger partial charge >= 0.3 is 11.9 Å². The van der Waals surface area contributed by atoms with Crippen molar-refractivity contribution in [2.75, 3.05) is 19.8 Å². The Bertz CT molecular complexity index is 555. The van der Waals surface area contributed by atoms with Gasteiger partial charge in [-0.05, 0) is 31.4 Å². The van der Waals surface area contributed by atoms with E-state index in [1.807, 2.05) is 32.0 Å². The highest BCUT2D eigenvalue weighted by atomic mass is 16.6. The maximum atomic E-state index is 12.3. The summed E-state index contributed by atoms with van der Waals surface area (Å²) in [4.78, 5) is 24.5. The molecule has 0 aromatic heterocycles. The summed E-state index contributed by atoms with van der Waals surface area (Å²) in [6.45, 7) is 6.96. The normalized spacial score (nSPS) is 10.0. The van der Waals surface area contributed by atoms with Crippen molar-refractivity contribution < 1.29 is 23.8 Å². The molecule has 0 saturated carbocycles. The van der Waals surface area contributed by atoms with E-state index in [2.05, 4.69) is 6.92 Å². The van der Waals surface area contributed by atoms with E-state index in [1.54, 1.807) is 6.07 Å². The quantitative estimate of drug-likeness (QED) is 0.198. The molecule has 25 heavy (non-hydrogen) atoms. The molecule has 1 rings (SSSR count). The van der Waals surface area contributed by atoms with Gasteiger partial charge in [0, 0.05) is 5.56 Å². The second-order valence-electron chi connectivity index (χ2n) is 5.57. The first-order valence-electron chi connectivity index (χ1n) is 8.91. The van der Waals surface area contributed by atoms with Crippen LogP contribution in [0, 0.1) is 0 Å². The van der Waals surface area contributed by atoms with Crippen LogP contribution in [0.2, 0.25) is 0 Å². The largest absolute Gasteiger partial charge is 0.493 e. The van der Waals surface area contributed by atoms with E-state index >= 15 is 0 Å². The first kappa shape index (κ1) is 20.7. The lowest BCUT2D eigenvalue weighted by molar-refractivity contribution is -0.147. The summed E-state index contributed by atoms with van der Waals surface area (Å²) in [5, 5.41) is 0. The predicted molar refractivity (Wildman–Crippen MR) is 97.3 cm³/mol. The maximum Gasteiger partial charge on any atom is 0.345 e. The molecule has 0 amide bonds. The lowest BCUT2D eigenvalue weighted by Crippen LogP contribution is -2.19. The molecule has 0 aliphatic heterocycles. The molecular formula is C20H28O5. The number of benzene rings is 1. The van der Waals surface area contributed by atoms with Crippen molar-refractivity contribution >= 4 is 18.0 Å². The van der Waals surface area contributed by atoms with Crippen molar-refractivity contribution in [1.29, 1.82) is 0 Å². The van der Waals surface area contributed by atoms with Crippen LogP contribution in [0.25, 0.3) is 6.08 Å². The van der Waals surface area contributed by atoms with Gasteiger partial charge in [-0.25, -0.2) is 9.59 Å². The average molecular weight is 348 g/mol. The minimum Gasteiger partial charge on any atom is -0.493 e. The number of hydrogen-bond donors (Lipinski definition) is 0. The van der Waals surface area contributed by atoms with E-state index in [0.29, 0.717) is 30.8 Å². The fraction of sp³-hybridized carbons (Fsp3) is 0.500. The number of unbranched alkanes of at least 4 members (excludes halogenated alkanes) is 1. The van der Waals surface area contributed by atoms with Crippen molar-refractivity contribution in [3.63, 3.8) is 0 Å². The lowest BCUT2D eigenvalue weighted by Gasteiger charge is -2.11. The average Bonchev–Trinajstić information content (AvgIpc) is 2.63. The minimum atomic E-state index is -0.675. The van der Waals surface area contributed by atoms with Gasteiger partial charge in [-0.15, -0.1) is 0 Å². The SMILES string of the molecule is CCCCOc1ccccc1C=C(C(=O)OCCC)C(=O)OCCC. The summed E-state index contributed by atoms with van der Waals surface area (Å²) in [6.07, 6.45) is 4.80. The third kappa shape index (κ3) is 7.42. The first-order chi connectivity index (χ1) is 12.1. The standard InChI is InChI=1S/C20H28O5/c1-4-7-14-23-18-11-9-8-10-16(18)15-17(19(21)24-12-5-2)20(22)25-13-6-3/h8-11,15H,4-7,12-14H2,1-3H3. The van der Waals surface area contributed by atoms with E-state index < -0.39 is 11.9 Å². The van der Waals surface area contributed by atoms with E-state index in [9.17, 15) is 9.59 Å².